The van der Waals surface area contributed by atoms with E-state index in [0.29, 0.717) is 5.13 Å². The minimum Gasteiger partial charge on any atom is -1.00 e. The fourth-order valence-electron chi connectivity index (χ4n) is 2.64. The molecule has 0 saturated heterocycles. The number of hydrogen-bond acceptors (Lipinski definition) is 5. The first-order valence-electron chi connectivity index (χ1n) is 8.42. The first-order valence-corrected chi connectivity index (χ1v) is 9.30. The van der Waals surface area contributed by atoms with Crippen molar-refractivity contribution in [3.05, 3.63) is 54.6 Å². The lowest BCUT2D eigenvalue weighted by Crippen LogP contribution is -3.00. The molecule has 2 heterocycles. The van der Waals surface area contributed by atoms with Crippen molar-refractivity contribution in [3.63, 3.8) is 0 Å². The van der Waals surface area contributed by atoms with Gasteiger partial charge in [-0.1, -0.05) is 0 Å². The van der Waals surface area contributed by atoms with Crippen LogP contribution in [0.4, 0.5) is 16.5 Å². The van der Waals surface area contributed by atoms with E-state index in [1.807, 2.05) is 24.6 Å². The molecular weight excluding hydrogens is 412 g/mol. The number of rotatable bonds is 8. The van der Waals surface area contributed by atoms with Gasteiger partial charge in [-0.05, 0) is 31.2 Å². The van der Waals surface area contributed by atoms with Crippen LogP contribution in [0.5, 0.6) is 0 Å². The summed E-state index contributed by atoms with van der Waals surface area (Å²) in [5, 5.41) is 10.9. The predicted octanol–water partition coefficient (Wildman–Crippen LogP) is 1.11. The second-order valence-corrected chi connectivity index (χ2v) is 6.65. The van der Waals surface area contributed by atoms with Crippen LogP contribution in [0.25, 0.3) is 0 Å². The van der Waals surface area contributed by atoms with E-state index in [2.05, 4.69) is 67.0 Å². The molecule has 26 heavy (non-hydrogen) atoms. The Labute approximate surface area is 168 Å². The van der Waals surface area contributed by atoms with Crippen LogP contribution in [0.3, 0.4) is 0 Å². The second kappa shape index (κ2) is 10.2. The predicted molar refractivity (Wildman–Crippen MR) is 101 cm³/mol. The monoisotopic (exact) mass is 434 g/mol. The SMILES string of the molecule is CCN(CCCn1cc[n+](C)c1)c1ccc(N=Nc2nccs2)cc1.[Br-]. The molecule has 1 aromatic carbocycles. The highest BCUT2D eigenvalue weighted by molar-refractivity contribution is 7.13. The Balaban J connectivity index is 0.00000243. The van der Waals surface area contributed by atoms with Crippen molar-refractivity contribution >= 4 is 27.8 Å². The molecule has 8 heteroatoms. The van der Waals surface area contributed by atoms with E-state index in [4.69, 9.17) is 0 Å². The van der Waals surface area contributed by atoms with Gasteiger partial charge in [0.15, 0.2) is 0 Å². The highest BCUT2D eigenvalue weighted by Gasteiger charge is 2.06. The molecule has 0 aliphatic heterocycles. The van der Waals surface area contributed by atoms with Gasteiger partial charge < -0.3 is 21.9 Å². The topological polar surface area (TPSA) is 49.7 Å². The third kappa shape index (κ3) is 5.74. The molecule has 0 saturated carbocycles. The molecule has 0 atom stereocenters. The Bertz CT molecular complexity index is 797. The van der Waals surface area contributed by atoms with Gasteiger partial charge in [0, 0.05) is 36.8 Å². The van der Waals surface area contributed by atoms with Crippen LogP contribution in [-0.4, -0.2) is 22.6 Å². The summed E-state index contributed by atoms with van der Waals surface area (Å²) in [6.07, 6.45) is 9.12. The molecule has 0 radical (unpaired) electrons. The van der Waals surface area contributed by atoms with Crippen LogP contribution >= 0.6 is 11.3 Å². The Morgan fingerprint density at radius 1 is 1.23 bits per heavy atom. The Hall–Kier alpha value is -2.06. The number of thiazole rings is 1. The quantitative estimate of drug-likeness (QED) is 0.393. The van der Waals surface area contributed by atoms with Crippen LogP contribution in [0.2, 0.25) is 0 Å². The molecule has 0 unspecified atom stereocenters. The van der Waals surface area contributed by atoms with Gasteiger partial charge in [-0.2, -0.15) is 0 Å². The van der Waals surface area contributed by atoms with Crippen LogP contribution in [0, 0.1) is 0 Å². The van der Waals surface area contributed by atoms with E-state index >= 15 is 0 Å². The van der Waals surface area contributed by atoms with E-state index in [0.717, 1.165) is 31.7 Å². The van der Waals surface area contributed by atoms with E-state index in [1.165, 1.54) is 17.0 Å². The maximum Gasteiger partial charge on any atom is 0.243 e. The minimum absolute atomic E-state index is 0. The molecule has 0 aliphatic carbocycles. The van der Waals surface area contributed by atoms with Gasteiger partial charge in [-0.15, -0.1) is 21.6 Å². The average Bonchev–Trinajstić information content (AvgIpc) is 3.29. The minimum atomic E-state index is 0. The fraction of sp³-hybridized carbons (Fsp3) is 0.333. The van der Waals surface area contributed by atoms with Gasteiger partial charge in [0.25, 0.3) is 0 Å². The van der Waals surface area contributed by atoms with Crippen molar-refractivity contribution in [2.24, 2.45) is 17.3 Å². The van der Waals surface area contributed by atoms with Crippen LogP contribution < -0.4 is 26.4 Å². The Morgan fingerprint density at radius 3 is 2.65 bits per heavy atom. The molecule has 0 bridgehead atoms. The summed E-state index contributed by atoms with van der Waals surface area (Å²) in [5.74, 6) is 0. The molecule has 0 fully saturated rings. The van der Waals surface area contributed by atoms with Crippen molar-refractivity contribution in [2.75, 3.05) is 18.0 Å². The van der Waals surface area contributed by atoms with Gasteiger partial charge in [-0.3, -0.25) is 0 Å². The number of anilines is 1. The van der Waals surface area contributed by atoms with Crippen LogP contribution in [-0.2, 0) is 13.6 Å². The number of hydrogen-bond donors (Lipinski definition) is 0. The lowest BCUT2D eigenvalue weighted by Gasteiger charge is -2.22. The number of aromatic nitrogens is 3. The van der Waals surface area contributed by atoms with Crippen molar-refractivity contribution in [2.45, 2.75) is 19.9 Å². The normalized spacial score (nSPS) is 10.8. The van der Waals surface area contributed by atoms with Gasteiger partial charge >= 0.3 is 0 Å². The Kier molecular flexibility index (Phi) is 7.93. The Morgan fingerprint density at radius 2 is 2.04 bits per heavy atom. The summed E-state index contributed by atoms with van der Waals surface area (Å²) in [5.41, 5.74) is 2.06. The van der Waals surface area contributed by atoms with E-state index in [1.54, 1.807) is 6.20 Å². The summed E-state index contributed by atoms with van der Waals surface area (Å²) >= 11 is 1.48. The van der Waals surface area contributed by atoms with Crippen LogP contribution in [0.15, 0.2) is 64.8 Å². The standard InChI is InChI=1S/C18H23N6S.BrH/c1-3-24(11-4-10-23-13-12-22(2)15-23)17-7-5-16(6-8-17)20-21-18-19-9-14-25-18;/h5-9,12-15H,3-4,10-11H2,1-2H3;1H/q+1;/p-1. The highest BCUT2D eigenvalue weighted by Crippen LogP contribution is 2.23. The van der Waals surface area contributed by atoms with Crippen LogP contribution in [0.1, 0.15) is 13.3 Å². The number of halogens is 1. The van der Waals surface area contributed by atoms with Gasteiger partial charge in [-0.25, -0.2) is 14.1 Å². The molecule has 6 nitrogen and oxygen atoms in total. The lowest BCUT2D eigenvalue weighted by atomic mass is 10.2. The van der Waals surface area contributed by atoms with Crippen molar-refractivity contribution < 1.29 is 21.5 Å². The molecule has 0 amide bonds. The fourth-order valence-corrected chi connectivity index (χ4v) is 3.10. The molecule has 0 spiro atoms. The average molecular weight is 435 g/mol. The molecule has 2 aromatic heterocycles. The van der Waals surface area contributed by atoms with E-state index < -0.39 is 0 Å². The highest BCUT2D eigenvalue weighted by atomic mass is 79.9. The first-order chi connectivity index (χ1) is 12.2. The zero-order chi connectivity index (χ0) is 17.5. The molecule has 0 aliphatic rings. The van der Waals surface area contributed by atoms with Crippen molar-refractivity contribution in [1.29, 1.82) is 0 Å². The molecular formula is C18H23BrN6S. The van der Waals surface area contributed by atoms with Crippen molar-refractivity contribution in [3.8, 4) is 0 Å². The smallest absolute Gasteiger partial charge is 0.243 e. The summed E-state index contributed by atoms with van der Waals surface area (Å²) < 4.78 is 4.28. The number of imidazole rings is 1. The van der Waals surface area contributed by atoms with Crippen molar-refractivity contribution in [1.82, 2.24) is 9.55 Å². The molecule has 3 rings (SSSR count). The zero-order valence-electron chi connectivity index (χ0n) is 15.0. The summed E-state index contributed by atoms with van der Waals surface area (Å²) in [6, 6.07) is 8.22. The molecule has 3 aromatic rings. The largest absolute Gasteiger partial charge is 1.00 e. The van der Waals surface area contributed by atoms with Gasteiger partial charge in [0.2, 0.25) is 11.5 Å². The van der Waals surface area contributed by atoms with E-state index in [9.17, 15) is 0 Å². The zero-order valence-corrected chi connectivity index (χ0v) is 17.4. The lowest BCUT2D eigenvalue weighted by molar-refractivity contribution is -0.671. The maximum absolute atomic E-state index is 4.23. The second-order valence-electron chi connectivity index (χ2n) is 5.78. The third-order valence-corrected chi connectivity index (χ3v) is 4.59. The number of azo groups is 1. The van der Waals surface area contributed by atoms with Gasteiger partial charge in [0.1, 0.15) is 12.4 Å². The summed E-state index contributed by atoms with van der Waals surface area (Å²) in [7, 11) is 2.04. The first kappa shape index (κ1) is 20.3. The number of aryl methyl sites for hydroxylation is 2. The number of nitrogens with zero attached hydrogens (tertiary/aromatic N) is 6. The molecule has 138 valence electrons. The number of benzene rings is 1. The van der Waals surface area contributed by atoms with E-state index in [-0.39, 0.29) is 17.0 Å². The maximum atomic E-state index is 4.23. The summed E-state index contributed by atoms with van der Waals surface area (Å²) in [6.45, 7) is 5.22. The third-order valence-electron chi connectivity index (χ3n) is 3.93. The van der Waals surface area contributed by atoms with Gasteiger partial charge in [0.05, 0.1) is 19.3 Å². The summed E-state index contributed by atoms with van der Waals surface area (Å²) in [4.78, 5) is 6.48. The molecule has 0 N–H and O–H groups in total.